The van der Waals surface area contributed by atoms with Gasteiger partial charge < -0.3 is 0 Å². The molecule has 2 heteroatoms. The minimum atomic E-state index is -0.382. The summed E-state index contributed by atoms with van der Waals surface area (Å²) in [5, 5.41) is 0. The first-order valence-electron chi connectivity index (χ1n) is 10.6. The summed E-state index contributed by atoms with van der Waals surface area (Å²) < 4.78 is 28.4. The van der Waals surface area contributed by atoms with Crippen LogP contribution in [0.3, 0.4) is 0 Å². The number of halogens is 2. The van der Waals surface area contributed by atoms with Crippen molar-refractivity contribution in [1.29, 1.82) is 0 Å². The third-order valence-corrected chi connectivity index (χ3v) is 4.51. The normalized spacial score (nSPS) is 10.7. The molecule has 0 nitrogen and oxygen atoms in total. The van der Waals surface area contributed by atoms with Gasteiger partial charge in [-0.05, 0) is 71.9 Å². The molecule has 0 saturated carbocycles. The van der Waals surface area contributed by atoms with Crippen molar-refractivity contribution in [3.63, 3.8) is 0 Å². The minimum Gasteiger partial charge on any atom is -0.206 e. The van der Waals surface area contributed by atoms with E-state index in [4.69, 9.17) is 0 Å². The Bertz CT molecular complexity index is 921. The molecular weight excluding hydrogens is 374 g/mol. The largest absolute Gasteiger partial charge is 0.206 e. The molecule has 2 aromatic carbocycles. The standard InChI is InChI=1S/C28H28F2/c1-3-5-7-9-13-23-17-19-25(27(29)21-23)15-11-12-16-26-20-18-24(22-28(26)30)14-10-8-6-4-2/h9-10,13-14,17-22H,3-8H2,1-2H3/b13-9+,14-10+. The Morgan fingerprint density at radius 2 is 1.13 bits per heavy atom. The first-order chi connectivity index (χ1) is 14.6. The zero-order valence-electron chi connectivity index (χ0n) is 17.8. The van der Waals surface area contributed by atoms with Crippen LogP contribution in [0.5, 0.6) is 0 Å². The van der Waals surface area contributed by atoms with E-state index in [0.29, 0.717) is 0 Å². The Morgan fingerprint density at radius 1 is 0.700 bits per heavy atom. The second-order valence-corrected chi connectivity index (χ2v) is 7.07. The fraction of sp³-hybridized carbons (Fsp3) is 0.286. The average molecular weight is 403 g/mol. The van der Waals surface area contributed by atoms with E-state index in [1.165, 1.54) is 12.1 Å². The summed E-state index contributed by atoms with van der Waals surface area (Å²) in [6, 6.07) is 9.87. The van der Waals surface area contributed by atoms with E-state index in [1.807, 2.05) is 24.3 Å². The van der Waals surface area contributed by atoms with E-state index in [9.17, 15) is 8.78 Å². The molecule has 0 atom stereocenters. The van der Waals surface area contributed by atoms with Gasteiger partial charge in [0.1, 0.15) is 11.6 Å². The summed E-state index contributed by atoms with van der Waals surface area (Å²) in [5.74, 6) is 9.86. The molecule has 0 aromatic heterocycles. The fourth-order valence-electron chi connectivity index (χ4n) is 2.75. The summed E-state index contributed by atoms with van der Waals surface area (Å²) in [6.45, 7) is 4.28. The van der Waals surface area contributed by atoms with Crippen molar-refractivity contribution >= 4 is 12.2 Å². The second kappa shape index (κ2) is 13.2. The van der Waals surface area contributed by atoms with Crippen LogP contribution in [-0.2, 0) is 0 Å². The lowest BCUT2D eigenvalue weighted by atomic mass is 10.1. The van der Waals surface area contributed by atoms with Gasteiger partial charge in [0.25, 0.3) is 0 Å². The van der Waals surface area contributed by atoms with Crippen LogP contribution >= 0.6 is 0 Å². The number of benzene rings is 2. The molecule has 0 radical (unpaired) electrons. The van der Waals surface area contributed by atoms with Gasteiger partial charge in [0.05, 0.1) is 11.1 Å². The van der Waals surface area contributed by atoms with Crippen LogP contribution in [0.1, 0.15) is 74.6 Å². The van der Waals surface area contributed by atoms with Crippen LogP contribution in [0.4, 0.5) is 8.78 Å². The highest BCUT2D eigenvalue weighted by molar-refractivity contribution is 5.54. The van der Waals surface area contributed by atoms with Crippen LogP contribution in [0.15, 0.2) is 48.6 Å². The Labute approximate surface area is 179 Å². The third kappa shape index (κ3) is 8.10. The zero-order chi connectivity index (χ0) is 21.6. The predicted molar refractivity (Wildman–Crippen MR) is 124 cm³/mol. The highest BCUT2D eigenvalue weighted by Crippen LogP contribution is 2.13. The maximum atomic E-state index is 14.2. The lowest BCUT2D eigenvalue weighted by molar-refractivity contribution is 0.623. The van der Waals surface area contributed by atoms with Gasteiger partial charge in [-0.1, -0.05) is 76.0 Å². The van der Waals surface area contributed by atoms with E-state index >= 15 is 0 Å². The number of unbranched alkanes of at least 4 members (excludes halogenated alkanes) is 4. The number of hydrogen-bond acceptors (Lipinski definition) is 0. The van der Waals surface area contributed by atoms with E-state index in [2.05, 4.69) is 49.7 Å². The van der Waals surface area contributed by atoms with Gasteiger partial charge in [-0.2, -0.15) is 0 Å². The van der Waals surface area contributed by atoms with Gasteiger partial charge in [0, 0.05) is 0 Å². The first-order valence-corrected chi connectivity index (χ1v) is 10.6. The molecule has 0 unspecified atom stereocenters. The Hall–Kier alpha value is -3.10. The lowest BCUT2D eigenvalue weighted by Crippen LogP contribution is -1.85. The molecule has 0 aliphatic carbocycles. The van der Waals surface area contributed by atoms with Crippen LogP contribution in [-0.4, -0.2) is 0 Å². The van der Waals surface area contributed by atoms with Crippen LogP contribution in [0, 0.1) is 35.3 Å². The van der Waals surface area contributed by atoms with Crippen LogP contribution in [0.2, 0.25) is 0 Å². The van der Waals surface area contributed by atoms with Crippen molar-refractivity contribution in [3.05, 3.63) is 82.4 Å². The molecule has 2 rings (SSSR count). The molecule has 0 aliphatic heterocycles. The van der Waals surface area contributed by atoms with E-state index < -0.39 is 0 Å². The van der Waals surface area contributed by atoms with Gasteiger partial charge >= 0.3 is 0 Å². The van der Waals surface area contributed by atoms with Crippen molar-refractivity contribution in [2.24, 2.45) is 0 Å². The molecular formula is C28H28F2. The molecule has 0 saturated heterocycles. The number of allylic oxidation sites excluding steroid dienone is 2. The SMILES string of the molecule is CCCC/C=C/c1ccc(C#CC#Cc2ccc(/C=C/CCCC)cc2F)c(F)c1. The highest BCUT2D eigenvalue weighted by Gasteiger charge is 2.00. The molecule has 0 spiro atoms. The molecule has 0 fully saturated rings. The van der Waals surface area contributed by atoms with Crippen molar-refractivity contribution in [2.75, 3.05) is 0 Å². The van der Waals surface area contributed by atoms with Crippen molar-refractivity contribution in [3.8, 4) is 23.7 Å². The molecule has 0 amide bonds. The Kier molecular flexibility index (Phi) is 10.2. The van der Waals surface area contributed by atoms with Gasteiger partial charge in [-0.25, -0.2) is 8.78 Å². The highest BCUT2D eigenvalue weighted by atomic mass is 19.1. The molecule has 154 valence electrons. The lowest BCUT2D eigenvalue weighted by Gasteiger charge is -1.97. The molecule has 30 heavy (non-hydrogen) atoms. The van der Waals surface area contributed by atoms with Crippen LogP contribution < -0.4 is 0 Å². The van der Waals surface area contributed by atoms with Crippen molar-refractivity contribution < 1.29 is 8.78 Å². The molecule has 0 bridgehead atoms. The Morgan fingerprint density at radius 3 is 1.50 bits per heavy atom. The van der Waals surface area contributed by atoms with E-state index in [-0.39, 0.29) is 22.8 Å². The first kappa shape index (κ1) is 23.2. The van der Waals surface area contributed by atoms with Crippen molar-refractivity contribution in [1.82, 2.24) is 0 Å². The summed E-state index contributed by atoms with van der Waals surface area (Å²) in [5.41, 5.74) is 2.18. The molecule has 2 aromatic rings. The van der Waals surface area contributed by atoms with Gasteiger partial charge in [-0.15, -0.1) is 0 Å². The third-order valence-electron chi connectivity index (χ3n) is 4.51. The summed E-state index contributed by atoms with van der Waals surface area (Å²) in [6.07, 6.45) is 14.4. The van der Waals surface area contributed by atoms with Crippen molar-refractivity contribution in [2.45, 2.75) is 52.4 Å². The smallest absolute Gasteiger partial charge is 0.139 e. The van der Waals surface area contributed by atoms with Crippen LogP contribution in [0.25, 0.3) is 12.2 Å². The topological polar surface area (TPSA) is 0 Å². The van der Waals surface area contributed by atoms with E-state index in [0.717, 1.165) is 49.7 Å². The zero-order valence-corrected chi connectivity index (χ0v) is 17.8. The van der Waals surface area contributed by atoms with Gasteiger partial charge in [0.2, 0.25) is 0 Å². The molecule has 0 N–H and O–H groups in total. The van der Waals surface area contributed by atoms with E-state index in [1.54, 1.807) is 12.1 Å². The van der Waals surface area contributed by atoms with Gasteiger partial charge in [0.15, 0.2) is 0 Å². The van der Waals surface area contributed by atoms with Gasteiger partial charge in [-0.3, -0.25) is 0 Å². The minimum absolute atomic E-state index is 0.281. The monoisotopic (exact) mass is 402 g/mol. The quantitative estimate of drug-likeness (QED) is 0.312. The number of rotatable bonds is 8. The molecule has 0 aliphatic rings. The number of hydrogen-bond donors (Lipinski definition) is 0. The maximum Gasteiger partial charge on any atom is 0.139 e. The summed E-state index contributed by atoms with van der Waals surface area (Å²) >= 11 is 0. The average Bonchev–Trinajstić information content (AvgIpc) is 2.74. The Balaban J connectivity index is 2.02. The summed E-state index contributed by atoms with van der Waals surface area (Å²) in [7, 11) is 0. The predicted octanol–water partition coefficient (Wildman–Crippen LogP) is 7.77. The fourth-order valence-corrected chi connectivity index (χ4v) is 2.75. The summed E-state index contributed by atoms with van der Waals surface area (Å²) in [4.78, 5) is 0. The maximum absolute atomic E-state index is 14.2. The molecule has 0 heterocycles. The second-order valence-electron chi connectivity index (χ2n) is 7.07.